The number of hydrogen-bond acceptors (Lipinski definition) is 6. The van der Waals surface area contributed by atoms with Crippen molar-refractivity contribution in [3.63, 3.8) is 0 Å². The summed E-state index contributed by atoms with van der Waals surface area (Å²) in [6, 6.07) is 0. The maximum atomic E-state index is 12.5. The Morgan fingerprint density at radius 2 is 1.27 bits per heavy atom. The van der Waals surface area contributed by atoms with Gasteiger partial charge in [-0.1, -0.05) is 64.7 Å². The van der Waals surface area contributed by atoms with Crippen LogP contribution >= 0.6 is 0 Å². The van der Waals surface area contributed by atoms with E-state index in [4.69, 9.17) is 0 Å². The average molecular weight is 426 g/mol. The number of aromatic hydroxyl groups is 1. The Morgan fingerprint density at radius 3 is 1.77 bits per heavy atom. The number of nitrogens with zero attached hydrogens (tertiary/aromatic N) is 1. The molecule has 0 aliphatic heterocycles. The van der Waals surface area contributed by atoms with Crippen LogP contribution in [0.1, 0.15) is 88.2 Å². The van der Waals surface area contributed by atoms with Gasteiger partial charge in [-0.05, 0) is 12.8 Å². The largest absolute Gasteiger partial charge is 0.507 e. The number of unbranched alkanes of at least 4 members (excludes halogenated alkanes) is 9. The van der Waals surface area contributed by atoms with Crippen LogP contribution in [0.5, 0.6) is 5.75 Å². The van der Waals surface area contributed by atoms with Crippen molar-refractivity contribution in [2.45, 2.75) is 108 Å². The van der Waals surface area contributed by atoms with Crippen LogP contribution in [-0.2, 0) is 13.5 Å². The molecular weight excluding hydrogens is 386 g/mol. The van der Waals surface area contributed by atoms with E-state index >= 15 is 0 Å². The molecule has 1 heterocycles. The van der Waals surface area contributed by atoms with Crippen LogP contribution in [0.2, 0.25) is 0 Å². The predicted molar refractivity (Wildman–Crippen MR) is 116 cm³/mol. The SMILES string of the molecule is CCCCCCCCCCCCc1c(O)c(C2[C@@H](O)[C@@H](O)[C@@H](O)[C@H]2O)cn(C)c1=O. The van der Waals surface area contributed by atoms with Gasteiger partial charge in [-0.25, -0.2) is 0 Å². The summed E-state index contributed by atoms with van der Waals surface area (Å²) in [6.07, 6.45) is 7.58. The third kappa shape index (κ3) is 5.84. The van der Waals surface area contributed by atoms with Crippen LogP contribution < -0.4 is 5.56 Å². The minimum absolute atomic E-state index is 0.176. The first-order valence-electron chi connectivity index (χ1n) is 11.4. The Kier molecular flexibility index (Phi) is 9.81. The fourth-order valence-corrected chi connectivity index (χ4v) is 4.47. The van der Waals surface area contributed by atoms with Gasteiger partial charge in [0.2, 0.25) is 0 Å². The summed E-state index contributed by atoms with van der Waals surface area (Å²) in [5, 5.41) is 50.8. The fourth-order valence-electron chi connectivity index (χ4n) is 4.47. The number of aromatic nitrogens is 1. The lowest BCUT2D eigenvalue weighted by Crippen LogP contribution is -2.32. The van der Waals surface area contributed by atoms with Crippen molar-refractivity contribution < 1.29 is 25.5 Å². The van der Waals surface area contributed by atoms with Crippen molar-refractivity contribution in [1.29, 1.82) is 0 Å². The smallest absolute Gasteiger partial charge is 0.257 e. The van der Waals surface area contributed by atoms with E-state index in [-0.39, 0.29) is 22.4 Å². The van der Waals surface area contributed by atoms with Crippen LogP contribution in [0.25, 0.3) is 0 Å². The maximum Gasteiger partial charge on any atom is 0.257 e. The van der Waals surface area contributed by atoms with E-state index in [1.807, 2.05) is 0 Å². The second-order valence-electron chi connectivity index (χ2n) is 8.75. The van der Waals surface area contributed by atoms with Crippen molar-refractivity contribution >= 4 is 0 Å². The Morgan fingerprint density at radius 1 is 0.800 bits per heavy atom. The molecule has 5 N–H and O–H groups in total. The first-order valence-corrected chi connectivity index (χ1v) is 11.4. The van der Waals surface area contributed by atoms with Crippen LogP contribution in [0, 0.1) is 0 Å². The molecule has 1 fully saturated rings. The van der Waals surface area contributed by atoms with Gasteiger partial charge in [-0.2, -0.15) is 0 Å². The van der Waals surface area contributed by atoms with E-state index < -0.39 is 30.3 Å². The molecule has 2 rings (SSSR count). The van der Waals surface area contributed by atoms with Gasteiger partial charge in [0.05, 0.1) is 17.8 Å². The quantitative estimate of drug-likeness (QED) is 0.327. The van der Waals surface area contributed by atoms with Gasteiger partial charge in [-0.15, -0.1) is 0 Å². The Labute approximate surface area is 179 Å². The van der Waals surface area contributed by atoms with Gasteiger partial charge in [0.25, 0.3) is 5.56 Å². The summed E-state index contributed by atoms with van der Waals surface area (Å²) in [5.74, 6) is -1.31. The topological polar surface area (TPSA) is 123 Å². The van der Waals surface area contributed by atoms with Gasteiger partial charge in [0.15, 0.2) is 0 Å². The molecule has 1 aromatic heterocycles. The molecule has 1 aliphatic rings. The summed E-state index contributed by atoms with van der Waals surface area (Å²) in [4.78, 5) is 12.5. The monoisotopic (exact) mass is 425 g/mol. The molecule has 1 saturated carbocycles. The Hall–Kier alpha value is -1.41. The first-order chi connectivity index (χ1) is 14.3. The van der Waals surface area contributed by atoms with E-state index in [0.29, 0.717) is 6.42 Å². The Balaban J connectivity index is 1.94. The van der Waals surface area contributed by atoms with Crippen molar-refractivity contribution in [1.82, 2.24) is 4.57 Å². The molecule has 0 spiro atoms. The summed E-state index contributed by atoms with van der Waals surface area (Å²) in [5.41, 5.74) is 0.120. The van der Waals surface area contributed by atoms with Crippen molar-refractivity contribution in [2.75, 3.05) is 0 Å². The zero-order valence-corrected chi connectivity index (χ0v) is 18.3. The third-order valence-corrected chi connectivity index (χ3v) is 6.40. The van der Waals surface area contributed by atoms with E-state index in [0.717, 1.165) is 19.3 Å². The van der Waals surface area contributed by atoms with Crippen molar-refractivity contribution in [3.05, 3.63) is 27.7 Å². The van der Waals surface area contributed by atoms with Gasteiger partial charge < -0.3 is 30.1 Å². The van der Waals surface area contributed by atoms with Gasteiger partial charge in [0, 0.05) is 24.7 Å². The molecule has 0 amide bonds. The van der Waals surface area contributed by atoms with E-state index in [2.05, 4.69) is 6.92 Å². The van der Waals surface area contributed by atoms with E-state index in [9.17, 15) is 30.3 Å². The lowest BCUT2D eigenvalue weighted by Gasteiger charge is -2.22. The summed E-state index contributed by atoms with van der Waals surface area (Å²) >= 11 is 0. The summed E-state index contributed by atoms with van der Waals surface area (Å²) in [6.45, 7) is 2.21. The highest BCUT2D eigenvalue weighted by atomic mass is 16.4. The van der Waals surface area contributed by atoms with Crippen LogP contribution in [0.15, 0.2) is 11.0 Å². The lowest BCUT2D eigenvalue weighted by atomic mass is 9.91. The van der Waals surface area contributed by atoms with Gasteiger partial charge in [-0.3, -0.25) is 4.79 Å². The molecule has 172 valence electrons. The molecule has 7 heteroatoms. The average Bonchev–Trinajstić information content (AvgIpc) is 2.91. The second kappa shape index (κ2) is 11.8. The number of hydrogen-bond donors (Lipinski definition) is 5. The van der Waals surface area contributed by atoms with E-state index in [1.165, 1.54) is 55.7 Å². The fraction of sp³-hybridized carbons (Fsp3) is 0.783. The second-order valence-corrected chi connectivity index (χ2v) is 8.75. The third-order valence-electron chi connectivity index (χ3n) is 6.40. The zero-order chi connectivity index (χ0) is 22.3. The number of pyridine rings is 1. The minimum Gasteiger partial charge on any atom is -0.507 e. The first kappa shape index (κ1) is 24.9. The van der Waals surface area contributed by atoms with Crippen LogP contribution in [0.4, 0.5) is 0 Å². The molecule has 30 heavy (non-hydrogen) atoms. The molecule has 0 bridgehead atoms. The zero-order valence-electron chi connectivity index (χ0n) is 18.3. The van der Waals surface area contributed by atoms with Crippen LogP contribution in [-0.4, -0.2) is 54.5 Å². The van der Waals surface area contributed by atoms with Gasteiger partial charge >= 0.3 is 0 Å². The highest BCUT2D eigenvalue weighted by molar-refractivity contribution is 5.42. The van der Waals surface area contributed by atoms with Gasteiger partial charge in [0.1, 0.15) is 18.0 Å². The van der Waals surface area contributed by atoms with Crippen molar-refractivity contribution in [2.24, 2.45) is 7.05 Å². The highest BCUT2D eigenvalue weighted by Gasteiger charge is 2.50. The predicted octanol–water partition coefficient (Wildman–Crippen LogP) is 2.10. The highest BCUT2D eigenvalue weighted by Crippen LogP contribution is 2.40. The standard InChI is InChI=1S/C23H39NO6/c1-3-4-5-6-7-8-9-10-11-12-13-15-18(25)16(14-24(2)23(15)30)17-19(26)21(28)22(29)20(17)27/h14,17,19-22,25-29H,3-13H2,1-2H3/t17?,19-,20+,21-,22+. The Bertz CT molecular complexity index is 704. The minimum atomic E-state index is -1.51. The molecule has 1 aromatic rings. The number of rotatable bonds is 12. The van der Waals surface area contributed by atoms with Crippen LogP contribution in [0.3, 0.4) is 0 Å². The molecule has 1 aliphatic carbocycles. The molecular formula is C23H39NO6. The summed E-state index contributed by atoms with van der Waals surface area (Å²) < 4.78 is 1.32. The normalized spacial score (nSPS) is 26.4. The molecule has 0 aromatic carbocycles. The number of aryl methyl sites for hydroxylation is 1. The number of aliphatic hydroxyl groups excluding tert-OH is 4. The molecule has 7 nitrogen and oxygen atoms in total. The van der Waals surface area contributed by atoms with Crippen molar-refractivity contribution in [3.8, 4) is 5.75 Å². The van der Waals surface area contributed by atoms with E-state index in [1.54, 1.807) is 7.05 Å². The lowest BCUT2D eigenvalue weighted by molar-refractivity contribution is -0.0413. The summed E-state index contributed by atoms with van der Waals surface area (Å²) in [7, 11) is 1.55. The molecule has 1 unspecified atom stereocenters. The molecule has 0 radical (unpaired) electrons. The maximum absolute atomic E-state index is 12.5. The molecule has 0 saturated heterocycles. The molecule has 5 atom stereocenters. The number of aliphatic hydroxyl groups is 4.